The highest BCUT2D eigenvalue weighted by molar-refractivity contribution is 8.57. The van der Waals surface area contributed by atoms with E-state index in [0.29, 0.717) is 0 Å². The molecule has 0 aliphatic heterocycles. The first-order valence-electron chi connectivity index (χ1n) is 3.96. The highest BCUT2D eigenvalue weighted by Gasteiger charge is 2.13. The molecule has 0 bridgehead atoms. The Hall–Kier alpha value is -0.700. The van der Waals surface area contributed by atoms with E-state index in [1.807, 2.05) is 35.5 Å². The molecule has 0 aromatic heterocycles. The third kappa shape index (κ3) is 5.07. The molecule has 0 fully saturated rings. The Labute approximate surface area is 97.2 Å². The summed E-state index contributed by atoms with van der Waals surface area (Å²) in [5.41, 5.74) is 0.955. The Morgan fingerprint density at radius 2 is 2.13 bits per heavy atom. The average molecular weight is 257 g/mol. The van der Waals surface area contributed by atoms with Gasteiger partial charge in [-0.05, 0) is 40.6 Å². The smallest absolute Gasteiger partial charge is 0.320 e. The van der Waals surface area contributed by atoms with Crippen LogP contribution >= 0.6 is 30.3 Å². The van der Waals surface area contributed by atoms with Gasteiger partial charge in [0.2, 0.25) is 0 Å². The van der Waals surface area contributed by atoms with E-state index < -0.39 is 6.72 Å². The maximum absolute atomic E-state index is 11.2. The highest BCUT2D eigenvalue weighted by Crippen LogP contribution is 2.56. The van der Waals surface area contributed by atoms with Crippen LogP contribution < -0.4 is 0 Å². The average Bonchev–Trinajstić information content (AvgIpc) is 2.19. The van der Waals surface area contributed by atoms with E-state index in [1.165, 1.54) is 5.41 Å². The molecule has 1 unspecified atom stereocenters. The molecular weight excluding hydrogens is 249 g/mol. The van der Waals surface area contributed by atoms with Crippen LogP contribution in [0.25, 0.3) is 6.08 Å². The summed E-state index contributed by atoms with van der Waals surface area (Å²) in [6.45, 7) is -3.59. The maximum atomic E-state index is 11.2. The van der Waals surface area contributed by atoms with E-state index in [1.54, 1.807) is 6.08 Å². The maximum Gasteiger partial charge on any atom is 0.382 e. The van der Waals surface area contributed by atoms with E-state index in [-0.39, 0.29) is 0 Å². The normalized spacial score (nSPS) is 14.5. The summed E-state index contributed by atoms with van der Waals surface area (Å²) in [5.74, 6) is 0. The molecule has 0 amide bonds. The van der Waals surface area contributed by atoms with E-state index in [4.69, 9.17) is 4.89 Å². The van der Waals surface area contributed by atoms with Gasteiger partial charge in [0.05, 0.1) is 5.16 Å². The minimum absolute atomic E-state index is 0.733. The van der Waals surface area contributed by atoms with Crippen LogP contribution in [0.3, 0.4) is 0 Å². The molecule has 0 saturated heterocycles. The van der Waals surface area contributed by atoms with Gasteiger partial charge >= 0.3 is 6.72 Å². The summed E-state index contributed by atoms with van der Waals surface area (Å²) in [6.07, 6.45) is 1.73. The van der Waals surface area contributed by atoms with E-state index >= 15 is 0 Å². The fraction of sp³-hybridized carbons (Fsp3) is 0. The summed E-state index contributed by atoms with van der Waals surface area (Å²) in [6, 6.07) is 9.46. The van der Waals surface area contributed by atoms with Crippen LogP contribution in [0.1, 0.15) is 5.56 Å². The lowest BCUT2D eigenvalue weighted by molar-refractivity contribution is 0.499. The monoisotopic (exact) mass is 257 g/mol. The molecule has 1 N–H and O–H groups in total. The lowest BCUT2D eigenvalue weighted by atomic mass is 10.2. The van der Waals surface area contributed by atoms with Gasteiger partial charge < -0.3 is 4.89 Å². The summed E-state index contributed by atoms with van der Waals surface area (Å²) in [7, 11) is 0. The van der Waals surface area contributed by atoms with Gasteiger partial charge in [-0.3, -0.25) is 4.57 Å². The summed E-state index contributed by atoms with van der Waals surface area (Å²) in [5, 5.41) is 3.42. The molecule has 0 aliphatic rings. The van der Waals surface area contributed by atoms with Crippen molar-refractivity contribution in [2.75, 3.05) is 0 Å². The minimum Gasteiger partial charge on any atom is -0.320 e. The molecule has 78 valence electrons. The third-order valence-corrected chi connectivity index (χ3v) is 3.97. The van der Waals surface area contributed by atoms with Crippen LogP contribution in [-0.4, -0.2) is 10.1 Å². The topological polar surface area (TPSA) is 49.7 Å². The van der Waals surface area contributed by atoms with Crippen LogP contribution in [0.15, 0.2) is 40.5 Å². The molecule has 15 heavy (non-hydrogen) atoms. The van der Waals surface area contributed by atoms with Crippen molar-refractivity contribution in [3.8, 4) is 0 Å². The van der Waals surface area contributed by atoms with Gasteiger partial charge in [0.15, 0.2) is 0 Å². The van der Waals surface area contributed by atoms with E-state index in [2.05, 4.69) is 17.0 Å². The first-order chi connectivity index (χ1) is 7.14. The van der Waals surface area contributed by atoms with Crippen molar-refractivity contribution in [1.82, 2.24) is 0 Å². The van der Waals surface area contributed by atoms with E-state index in [0.717, 1.165) is 16.9 Å². The van der Waals surface area contributed by atoms with Gasteiger partial charge in [0, 0.05) is 0 Å². The Balaban J connectivity index is 2.62. The number of rotatable bonds is 4. The molecule has 3 nitrogen and oxygen atoms in total. The SMILES string of the molecule is O=P(O)(N=C=S)S/C=C/c1ccccc1. The van der Waals surface area contributed by atoms with Crippen LogP contribution in [0, 0.1) is 0 Å². The van der Waals surface area contributed by atoms with Gasteiger partial charge in [0.1, 0.15) is 0 Å². The molecule has 0 heterocycles. The molecule has 0 spiro atoms. The van der Waals surface area contributed by atoms with Gasteiger partial charge in [-0.1, -0.05) is 30.3 Å². The second-order valence-electron chi connectivity index (χ2n) is 2.50. The molecule has 0 aliphatic carbocycles. The standard InChI is InChI=1S/C9H8NO2PS2/c11-13(12,10-8-14)15-7-6-9-4-2-1-3-5-9/h1-7H,(H,11,12)/b7-6+. The summed E-state index contributed by atoms with van der Waals surface area (Å²) < 4.78 is 14.4. The summed E-state index contributed by atoms with van der Waals surface area (Å²) in [4.78, 5) is 9.16. The quantitative estimate of drug-likeness (QED) is 0.508. The van der Waals surface area contributed by atoms with Crippen molar-refractivity contribution in [3.05, 3.63) is 41.3 Å². The van der Waals surface area contributed by atoms with Gasteiger partial charge in [0.25, 0.3) is 0 Å². The molecule has 1 aromatic carbocycles. The Kier molecular flexibility index (Phi) is 4.95. The molecule has 1 aromatic rings. The number of benzene rings is 1. The van der Waals surface area contributed by atoms with Crippen LogP contribution in [-0.2, 0) is 4.57 Å². The fourth-order valence-electron chi connectivity index (χ4n) is 0.828. The molecule has 0 saturated carbocycles. The Bertz CT molecular complexity index is 441. The highest BCUT2D eigenvalue weighted by atomic mass is 32.7. The van der Waals surface area contributed by atoms with E-state index in [9.17, 15) is 4.57 Å². The Morgan fingerprint density at radius 3 is 2.73 bits per heavy atom. The number of hydrogen-bond donors (Lipinski definition) is 1. The molecule has 1 rings (SSSR count). The molecule has 1 atom stereocenters. The van der Waals surface area contributed by atoms with Crippen molar-refractivity contribution in [2.45, 2.75) is 0 Å². The number of isothiocyanates is 1. The number of hydrogen-bond acceptors (Lipinski definition) is 3. The zero-order valence-corrected chi connectivity index (χ0v) is 10.1. The van der Waals surface area contributed by atoms with Gasteiger partial charge in [-0.25, -0.2) is 0 Å². The van der Waals surface area contributed by atoms with Crippen molar-refractivity contribution in [2.24, 2.45) is 4.76 Å². The lowest BCUT2D eigenvalue weighted by Crippen LogP contribution is -1.67. The Morgan fingerprint density at radius 1 is 1.47 bits per heavy atom. The predicted octanol–water partition coefficient (Wildman–Crippen LogP) is 3.59. The molecule has 0 radical (unpaired) electrons. The largest absolute Gasteiger partial charge is 0.382 e. The van der Waals surface area contributed by atoms with Crippen LogP contribution in [0.4, 0.5) is 0 Å². The van der Waals surface area contributed by atoms with Crippen LogP contribution in [0.5, 0.6) is 0 Å². The van der Waals surface area contributed by atoms with Crippen molar-refractivity contribution >= 4 is 41.6 Å². The van der Waals surface area contributed by atoms with Gasteiger partial charge in [-0.2, -0.15) is 0 Å². The fourth-order valence-corrected chi connectivity index (χ4v) is 2.76. The number of nitrogens with zero attached hydrogens (tertiary/aromatic N) is 1. The number of thiocarbonyl (C=S) groups is 1. The van der Waals surface area contributed by atoms with Crippen LogP contribution in [0.2, 0.25) is 0 Å². The second kappa shape index (κ2) is 6.01. The predicted molar refractivity (Wildman–Crippen MR) is 67.9 cm³/mol. The van der Waals surface area contributed by atoms with Crippen molar-refractivity contribution in [3.63, 3.8) is 0 Å². The first kappa shape index (κ1) is 12.4. The minimum atomic E-state index is -3.59. The van der Waals surface area contributed by atoms with Crippen molar-refractivity contribution in [1.29, 1.82) is 0 Å². The third-order valence-electron chi connectivity index (χ3n) is 1.43. The molecular formula is C9H8NO2PS2. The summed E-state index contributed by atoms with van der Waals surface area (Å²) >= 11 is 4.99. The first-order valence-corrected chi connectivity index (χ1v) is 7.47. The van der Waals surface area contributed by atoms with Gasteiger partial charge in [-0.15, -0.1) is 4.76 Å². The zero-order chi connectivity index (χ0) is 11.1. The molecule has 6 heteroatoms. The lowest BCUT2D eigenvalue weighted by Gasteiger charge is -1.97. The van der Waals surface area contributed by atoms with Crippen molar-refractivity contribution < 1.29 is 9.46 Å². The zero-order valence-electron chi connectivity index (χ0n) is 7.61. The second-order valence-corrected chi connectivity index (χ2v) is 6.41.